The SMILES string of the molecule is C[C@@]1(n2c(N)cc(N)nc2=O)O[C@H](CO)C[C@H]1O. The molecule has 1 aliphatic heterocycles. The number of aromatic nitrogens is 2. The summed E-state index contributed by atoms with van der Waals surface area (Å²) in [5, 5.41) is 19.1. The van der Waals surface area contributed by atoms with Gasteiger partial charge in [0.1, 0.15) is 17.7 Å². The Bertz CT molecular complexity index is 517. The molecular weight excluding hydrogens is 240 g/mol. The van der Waals surface area contributed by atoms with Crippen molar-refractivity contribution >= 4 is 11.6 Å². The maximum absolute atomic E-state index is 11.8. The molecule has 8 heteroatoms. The van der Waals surface area contributed by atoms with Crippen LogP contribution in [0.15, 0.2) is 10.9 Å². The summed E-state index contributed by atoms with van der Waals surface area (Å²) in [7, 11) is 0. The Morgan fingerprint density at radius 3 is 2.83 bits per heavy atom. The van der Waals surface area contributed by atoms with Gasteiger partial charge in [0.2, 0.25) is 0 Å². The van der Waals surface area contributed by atoms with Crippen molar-refractivity contribution in [1.82, 2.24) is 9.55 Å². The van der Waals surface area contributed by atoms with Crippen molar-refractivity contribution in [3.8, 4) is 0 Å². The van der Waals surface area contributed by atoms with Crippen LogP contribution < -0.4 is 17.2 Å². The maximum Gasteiger partial charge on any atom is 0.353 e. The maximum atomic E-state index is 11.8. The minimum absolute atomic E-state index is 0.00328. The fourth-order valence-corrected chi connectivity index (χ4v) is 2.21. The lowest BCUT2D eigenvalue weighted by atomic mass is 10.1. The summed E-state index contributed by atoms with van der Waals surface area (Å²) in [4.78, 5) is 15.4. The van der Waals surface area contributed by atoms with Gasteiger partial charge in [-0.3, -0.25) is 0 Å². The highest BCUT2D eigenvalue weighted by Crippen LogP contribution is 2.35. The van der Waals surface area contributed by atoms with Crippen molar-refractivity contribution in [2.24, 2.45) is 0 Å². The van der Waals surface area contributed by atoms with Crippen LogP contribution in [0.3, 0.4) is 0 Å². The number of nitrogens with zero attached hydrogens (tertiary/aromatic N) is 2. The molecule has 0 amide bonds. The molecule has 6 N–H and O–H groups in total. The van der Waals surface area contributed by atoms with Gasteiger partial charge in [0.25, 0.3) is 0 Å². The van der Waals surface area contributed by atoms with Gasteiger partial charge < -0.3 is 26.4 Å². The van der Waals surface area contributed by atoms with Crippen molar-refractivity contribution in [3.05, 3.63) is 16.6 Å². The number of aliphatic hydroxyl groups is 2. The first-order chi connectivity index (χ1) is 8.38. The Balaban J connectivity index is 2.52. The highest BCUT2D eigenvalue weighted by atomic mass is 16.6. The summed E-state index contributed by atoms with van der Waals surface area (Å²) in [6.45, 7) is 1.27. The summed E-state index contributed by atoms with van der Waals surface area (Å²) in [5.41, 5.74) is 9.08. The lowest BCUT2D eigenvalue weighted by molar-refractivity contribution is -0.135. The molecular formula is C10H16N4O4. The van der Waals surface area contributed by atoms with Gasteiger partial charge in [0.15, 0.2) is 5.72 Å². The van der Waals surface area contributed by atoms with E-state index in [-0.39, 0.29) is 24.7 Å². The molecule has 0 aromatic carbocycles. The van der Waals surface area contributed by atoms with Gasteiger partial charge in [-0.25, -0.2) is 9.36 Å². The van der Waals surface area contributed by atoms with E-state index in [0.29, 0.717) is 0 Å². The van der Waals surface area contributed by atoms with E-state index in [1.165, 1.54) is 13.0 Å². The fraction of sp³-hybridized carbons (Fsp3) is 0.600. The van der Waals surface area contributed by atoms with Gasteiger partial charge in [0, 0.05) is 12.5 Å². The number of hydrogen-bond donors (Lipinski definition) is 4. The molecule has 0 spiro atoms. The van der Waals surface area contributed by atoms with E-state index < -0.39 is 23.6 Å². The van der Waals surface area contributed by atoms with Crippen molar-refractivity contribution in [2.45, 2.75) is 31.3 Å². The lowest BCUT2D eigenvalue weighted by Gasteiger charge is -2.30. The van der Waals surface area contributed by atoms with E-state index in [1.807, 2.05) is 0 Å². The number of aliphatic hydroxyl groups excluding tert-OH is 2. The molecule has 1 aliphatic rings. The monoisotopic (exact) mass is 256 g/mol. The highest BCUT2D eigenvalue weighted by Gasteiger charge is 2.47. The second kappa shape index (κ2) is 4.23. The Morgan fingerprint density at radius 2 is 2.33 bits per heavy atom. The van der Waals surface area contributed by atoms with Gasteiger partial charge in [-0.1, -0.05) is 0 Å². The predicted octanol–water partition coefficient (Wildman–Crippen LogP) is -1.78. The lowest BCUT2D eigenvalue weighted by Crippen LogP contribution is -2.47. The molecule has 1 aromatic heterocycles. The minimum atomic E-state index is -1.35. The third kappa shape index (κ3) is 1.84. The van der Waals surface area contributed by atoms with Crippen LogP contribution in [-0.2, 0) is 10.5 Å². The van der Waals surface area contributed by atoms with E-state index >= 15 is 0 Å². The van der Waals surface area contributed by atoms with E-state index in [1.54, 1.807) is 0 Å². The average Bonchev–Trinajstić information content (AvgIpc) is 2.53. The van der Waals surface area contributed by atoms with Gasteiger partial charge in [0.05, 0.1) is 12.7 Å². The third-order valence-electron chi connectivity index (χ3n) is 3.13. The van der Waals surface area contributed by atoms with Crippen LogP contribution in [0.2, 0.25) is 0 Å². The Morgan fingerprint density at radius 1 is 1.67 bits per heavy atom. The standard InChI is InChI=1S/C10H16N4O4/c1-10(6(16)2-5(4-15)18-10)14-8(12)3-7(11)13-9(14)17/h3,5-6,15-16H,2,4,12H2,1H3,(H2,11,13,17)/t5-,6+,10+/m0/s1. The van der Waals surface area contributed by atoms with Gasteiger partial charge in [-0.05, 0) is 6.92 Å². The first-order valence-corrected chi connectivity index (χ1v) is 5.50. The first-order valence-electron chi connectivity index (χ1n) is 5.50. The Labute approximate surface area is 103 Å². The van der Waals surface area contributed by atoms with Crippen LogP contribution in [0.4, 0.5) is 11.6 Å². The molecule has 18 heavy (non-hydrogen) atoms. The number of nitrogen functional groups attached to an aromatic ring is 2. The van der Waals surface area contributed by atoms with Gasteiger partial charge in [-0.15, -0.1) is 0 Å². The third-order valence-corrected chi connectivity index (χ3v) is 3.13. The zero-order valence-electron chi connectivity index (χ0n) is 9.91. The molecule has 2 heterocycles. The van der Waals surface area contributed by atoms with E-state index in [4.69, 9.17) is 21.3 Å². The molecule has 1 saturated heterocycles. The Hall–Kier alpha value is -1.64. The minimum Gasteiger partial charge on any atom is -0.394 e. The summed E-state index contributed by atoms with van der Waals surface area (Å²) in [6.07, 6.45) is -1.31. The topological polar surface area (TPSA) is 137 Å². The summed E-state index contributed by atoms with van der Waals surface area (Å²) < 4.78 is 6.55. The second-order valence-electron chi connectivity index (χ2n) is 4.45. The van der Waals surface area contributed by atoms with Crippen molar-refractivity contribution < 1.29 is 14.9 Å². The largest absolute Gasteiger partial charge is 0.394 e. The summed E-state index contributed by atoms with van der Waals surface area (Å²) in [5.74, 6) is 0.0520. The van der Waals surface area contributed by atoms with Crippen LogP contribution >= 0.6 is 0 Å². The smallest absolute Gasteiger partial charge is 0.353 e. The molecule has 0 aliphatic carbocycles. The van der Waals surface area contributed by atoms with E-state index in [9.17, 15) is 9.90 Å². The summed E-state index contributed by atoms with van der Waals surface area (Å²) >= 11 is 0. The van der Waals surface area contributed by atoms with Crippen LogP contribution in [-0.4, -0.2) is 38.6 Å². The van der Waals surface area contributed by atoms with E-state index in [2.05, 4.69) is 4.98 Å². The number of hydrogen-bond acceptors (Lipinski definition) is 7. The molecule has 2 rings (SSSR count). The molecule has 0 bridgehead atoms. The van der Waals surface area contributed by atoms with Crippen molar-refractivity contribution in [2.75, 3.05) is 18.1 Å². The predicted molar refractivity (Wildman–Crippen MR) is 63.6 cm³/mol. The molecule has 8 nitrogen and oxygen atoms in total. The van der Waals surface area contributed by atoms with Crippen molar-refractivity contribution in [3.63, 3.8) is 0 Å². The number of anilines is 2. The molecule has 1 aromatic rings. The fourth-order valence-electron chi connectivity index (χ4n) is 2.21. The Kier molecular flexibility index (Phi) is 3.01. The van der Waals surface area contributed by atoms with Crippen LogP contribution in [0.25, 0.3) is 0 Å². The quantitative estimate of drug-likeness (QED) is 0.491. The van der Waals surface area contributed by atoms with Gasteiger partial charge in [-0.2, -0.15) is 4.98 Å². The number of nitrogens with two attached hydrogens (primary N) is 2. The average molecular weight is 256 g/mol. The second-order valence-corrected chi connectivity index (χ2v) is 4.45. The normalized spacial score (nSPS) is 31.7. The number of rotatable bonds is 2. The van der Waals surface area contributed by atoms with Gasteiger partial charge >= 0.3 is 5.69 Å². The number of ether oxygens (including phenoxy) is 1. The molecule has 100 valence electrons. The zero-order chi connectivity index (χ0) is 13.5. The van der Waals surface area contributed by atoms with E-state index in [0.717, 1.165) is 4.57 Å². The molecule has 0 radical (unpaired) electrons. The van der Waals surface area contributed by atoms with Crippen LogP contribution in [0.1, 0.15) is 13.3 Å². The molecule has 0 unspecified atom stereocenters. The van der Waals surface area contributed by atoms with Crippen molar-refractivity contribution in [1.29, 1.82) is 0 Å². The van der Waals surface area contributed by atoms with Crippen LogP contribution in [0.5, 0.6) is 0 Å². The highest BCUT2D eigenvalue weighted by molar-refractivity contribution is 5.41. The molecule has 0 saturated carbocycles. The zero-order valence-corrected chi connectivity index (χ0v) is 9.91. The molecule has 3 atom stereocenters. The first kappa shape index (κ1) is 12.8. The summed E-state index contributed by atoms with van der Waals surface area (Å²) in [6, 6.07) is 1.31. The van der Waals surface area contributed by atoms with Crippen LogP contribution in [0, 0.1) is 0 Å². The molecule has 1 fully saturated rings.